The largest absolute Gasteiger partial charge is 0.468 e. The molecule has 34 heavy (non-hydrogen) atoms. The van der Waals surface area contributed by atoms with Crippen molar-refractivity contribution >= 4 is 5.78 Å². The minimum absolute atomic E-state index is 0.0821. The van der Waals surface area contributed by atoms with Crippen LogP contribution in [0.3, 0.4) is 0 Å². The van der Waals surface area contributed by atoms with E-state index in [0.717, 1.165) is 20.4 Å². The zero-order valence-electron chi connectivity index (χ0n) is 18.4. The first-order valence-electron chi connectivity index (χ1n) is 10.7. The molecule has 0 fully saturated rings. The summed E-state index contributed by atoms with van der Waals surface area (Å²) in [7, 11) is 0. The number of ether oxygens (including phenoxy) is 2. The molecule has 4 rings (SSSR count). The average Bonchev–Trinajstić information content (AvgIpc) is 2.88. The Morgan fingerprint density at radius 3 is 1.94 bits per heavy atom. The number of carbonyl (C=O) groups excluding carboxylic acids is 1. The third-order valence-electron chi connectivity index (χ3n) is 5.03. The fourth-order valence-corrected chi connectivity index (χ4v) is 3.25. The third-order valence-corrected chi connectivity index (χ3v) is 5.03. The van der Waals surface area contributed by atoms with Crippen LogP contribution in [-0.4, -0.2) is 20.1 Å². The molecule has 8 nitrogen and oxygen atoms in total. The van der Waals surface area contributed by atoms with Crippen molar-refractivity contribution in [1.29, 1.82) is 0 Å². The molecule has 0 aliphatic rings. The van der Waals surface area contributed by atoms with Gasteiger partial charge in [-0.2, -0.15) is 0 Å². The van der Waals surface area contributed by atoms with E-state index in [9.17, 15) is 14.4 Å². The van der Waals surface area contributed by atoms with E-state index < -0.39 is 11.2 Å². The molecule has 0 spiro atoms. The first-order chi connectivity index (χ1) is 16.6. The molecular formula is C26H23N3O5. The molecule has 0 bridgehead atoms. The molecule has 172 valence electrons. The van der Waals surface area contributed by atoms with Gasteiger partial charge >= 0.3 is 11.2 Å². The highest BCUT2D eigenvalue weighted by atomic mass is 16.5. The second-order valence-corrected chi connectivity index (χ2v) is 7.51. The maximum absolute atomic E-state index is 13.0. The molecule has 0 aliphatic carbocycles. The van der Waals surface area contributed by atoms with Crippen molar-refractivity contribution in [2.45, 2.75) is 26.5 Å². The lowest BCUT2D eigenvalue weighted by molar-refractivity contribution is 0.0554. The van der Waals surface area contributed by atoms with Gasteiger partial charge in [0.2, 0.25) is 0 Å². The number of rotatable bonds is 10. The van der Waals surface area contributed by atoms with E-state index in [1.54, 1.807) is 30.3 Å². The van der Waals surface area contributed by atoms with Crippen LogP contribution >= 0.6 is 0 Å². The average molecular weight is 457 g/mol. The highest BCUT2D eigenvalue weighted by Gasteiger charge is 2.17. The number of aromatic nitrogens is 3. The van der Waals surface area contributed by atoms with Crippen molar-refractivity contribution in [3.63, 3.8) is 0 Å². The Morgan fingerprint density at radius 2 is 1.32 bits per heavy atom. The molecule has 0 N–H and O–H groups in total. The van der Waals surface area contributed by atoms with Crippen molar-refractivity contribution in [2.75, 3.05) is 0 Å². The highest BCUT2D eigenvalue weighted by Crippen LogP contribution is 2.06. The van der Waals surface area contributed by atoms with E-state index in [-0.39, 0.29) is 38.2 Å². The zero-order valence-corrected chi connectivity index (χ0v) is 18.4. The van der Waals surface area contributed by atoms with Gasteiger partial charge in [-0.15, -0.1) is 5.10 Å². The highest BCUT2D eigenvalue weighted by molar-refractivity contribution is 5.95. The number of ketones is 1. The summed E-state index contributed by atoms with van der Waals surface area (Å²) in [5.74, 6) is -0.604. The SMILES string of the molecule is O=C(Cn1nc(OCc2ccccc2)c(=O)n(COCc2ccccc2)c1=O)c1ccccc1. The van der Waals surface area contributed by atoms with Crippen LogP contribution in [0.25, 0.3) is 0 Å². The normalized spacial score (nSPS) is 10.7. The Bertz CT molecular complexity index is 1350. The van der Waals surface area contributed by atoms with Crippen molar-refractivity contribution < 1.29 is 14.3 Å². The Hall–Kier alpha value is -4.30. The van der Waals surface area contributed by atoms with Crippen molar-refractivity contribution in [3.8, 4) is 5.88 Å². The van der Waals surface area contributed by atoms with Crippen LogP contribution in [-0.2, 0) is 31.2 Å². The van der Waals surface area contributed by atoms with Crippen molar-refractivity contribution in [1.82, 2.24) is 14.3 Å². The summed E-state index contributed by atoms with van der Waals surface area (Å²) in [6.07, 6.45) is 0. The Labute approximate surface area is 195 Å². The monoisotopic (exact) mass is 457 g/mol. The van der Waals surface area contributed by atoms with E-state index in [1.165, 1.54) is 0 Å². The maximum Gasteiger partial charge on any atom is 0.350 e. The predicted octanol–water partition coefficient (Wildman–Crippen LogP) is 3.04. The minimum atomic E-state index is -0.755. The van der Waals surface area contributed by atoms with Crippen LogP contribution in [0, 0.1) is 0 Å². The van der Waals surface area contributed by atoms with Crippen molar-refractivity contribution in [2.24, 2.45) is 0 Å². The van der Waals surface area contributed by atoms with Gasteiger partial charge in [0.05, 0.1) is 6.61 Å². The van der Waals surface area contributed by atoms with E-state index in [4.69, 9.17) is 9.47 Å². The smallest absolute Gasteiger partial charge is 0.350 e. The molecule has 1 aromatic heterocycles. The molecular weight excluding hydrogens is 434 g/mol. The van der Waals surface area contributed by atoms with E-state index in [1.807, 2.05) is 60.7 Å². The van der Waals surface area contributed by atoms with Crippen LogP contribution in [0.5, 0.6) is 5.88 Å². The van der Waals surface area contributed by atoms with Crippen LogP contribution in [0.4, 0.5) is 0 Å². The fraction of sp³-hybridized carbons (Fsp3) is 0.154. The molecule has 3 aromatic carbocycles. The fourth-order valence-electron chi connectivity index (χ4n) is 3.25. The lowest BCUT2D eigenvalue weighted by Crippen LogP contribution is -2.43. The van der Waals surface area contributed by atoms with Gasteiger partial charge in [-0.05, 0) is 11.1 Å². The molecule has 0 saturated carbocycles. The number of nitrogens with zero attached hydrogens (tertiary/aromatic N) is 3. The van der Waals surface area contributed by atoms with Gasteiger partial charge in [-0.1, -0.05) is 91.0 Å². The number of Topliss-reactive ketones (excluding diaryl/α,β-unsaturated/α-hetero) is 1. The second-order valence-electron chi connectivity index (χ2n) is 7.51. The summed E-state index contributed by atoms with van der Waals surface area (Å²) in [5, 5.41) is 4.05. The Balaban J connectivity index is 1.60. The minimum Gasteiger partial charge on any atom is -0.468 e. The summed E-state index contributed by atoms with van der Waals surface area (Å²) in [5.41, 5.74) is 0.672. The van der Waals surface area contributed by atoms with Gasteiger partial charge in [0.25, 0.3) is 5.88 Å². The Kier molecular flexibility index (Phi) is 7.42. The van der Waals surface area contributed by atoms with Gasteiger partial charge in [-0.25, -0.2) is 14.0 Å². The maximum atomic E-state index is 13.0. The predicted molar refractivity (Wildman–Crippen MR) is 126 cm³/mol. The molecule has 4 aromatic rings. The summed E-state index contributed by atoms with van der Waals surface area (Å²) in [6.45, 7) is -0.364. The number of hydrogen-bond donors (Lipinski definition) is 0. The lowest BCUT2D eigenvalue weighted by Gasteiger charge is -2.13. The first-order valence-corrected chi connectivity index (χ1v) is 10.7. The molecule has 0 atom stereocenters. The summed E-state index contributed by atoms with van der Waals surface area (Å²) < 4.78 is 13.1. The summed E-state index contributed by atoms with van der Waals surface area (Å²) in [4.78, 5) is 38.7. The number of benzene rings is 3. The van der Waals surface area contributed by atoms with E-state index in [2.05, 4.69) is 5.10 Å². The van der Waals surface area contributed by atoms with Gasteiger partial charge in [-0.3, -0.25) is 9.59 Å². The summed E-state index contributed by atoms with van der Waals surface area (Å²) >= 11 is 0. The molecule has 8 heteroatoms. The third kappa shape index (κ3) is 5.73. The van der Waals surface area contributed by atoms with E-state index in [0.29, 0.717) is 5.56 Å². The Morgan fingerprint density at radius 1 is 0.765 bits per heavy atom. The molecule has 0 amide bonds. The first kappa shape index (κ1) is 22.9. The topological polar surface area (TPSA) is 92.4 Å². The van der Waals surface area contributed by atoms with Crippen LogP contribution in [0.15, 0.2) is 101 Å². The van der Waals surface area contributed by atoms with Crippen LogP contribution in [0.1, 0.15) is 21.5 Å². The number of carbonyl (C=O) groups is 1. The van der Waals surface area contributed by atoms with Gasteiger partial charge in [0.15, 0.2) is 5.78 Å². The van der Waals surface area contributed by atoms with Gasteiger partial charge < -0.3 is 9.47 Å². The van der Waals surface area contributed by atoms with Crippen LogP contribution < -0.4 is 16.0 Å². The van der Waals surface area contributed by atoms with Crippen molar-refractivity contribution in [3.05, 3.63) is 129 Å². The molecule has 0 aliphatic heterocycles. The molecule has 1 heterocycles. The molecule has 0 saturated heterocycles. The van der Waals surface area contributed by atoms with Gasteiger partial charge in [0, 0.05) is 5.56 Å². The molecule has 0 unspecified atom stereocenters. The lowest BCUT2D eigenvalue weighted by atomic mass is 10.1. The standard InChI is InChI=1S/C26H23N3O5/c30-23(22-14-8-3-9-15-22)16-29-26(32)28(19-33-17-20-10-4-1-5-11-20)25(31)24(27-29)34-18-21-12-6-2-7-13-21/h1-15H,16-19H2. The second kappa shape index (κ2) is 11.0. The zero-order chi connectivity index (χ0) is 23.8. The van der Waals surface area contributed by atoms with E-state index >= 15 is 0 Å². The quantitative estimate of drug-likeness (QED) is 0.340. The van der Waals surface area contributed by atoms with Gasteiger partial charge in [0.1, 0.15) is 19.9 Å². The summed E-state index contributed by atoms with van der Waals surface area (Å²) in [6, 6.07) is 27.2. The number of hydrogen-bond acceptors (Lipinski definition) is 6. The molecule has 0 radical (unpaired) electrons. The van der Waals surface area contributed by atoms with Crippen LogP contribution in [0.2, 0.25) is 0 Å².